The molecular weight excluding hydrogens is 657 g/mol. The number of ketones is 2. The summed E-state index contributed by atoms with van der Waals surface area (Å²) in [6.07, 6.45) is 22.2. The van der Waals surface area contributed by atoms with Gasteiger partial charge in [0.2, 0.25) is 0 Å². The van der Waals surface area contributed by atoms with Gasteiger partial charge in [0.05, 0.1) is 0 Å². The van der Waals surface area contributed by atoms with Gasteiger partial charge in [-0.05, 0) is 74.0 Å². The molecule has 0 fully saturated rings. The number of Topliss-reactive ketones (excluding diaryl/α,β-unsaturated/α-hetero) is 2. The van der Waals surface area contributed by atoms with E-state index in [0.29, 0.717) is 11.6 Å². The summed E-state index contributed by atoms with van der Waals surface area (Å²) in [4.78, 5) is 20.9. The molecule has 0 heterocycles. The maximum atomic E-state index is 10.4. The lowest BCUT2D eigenvalue weighted by Gasteiger charge is -2.00. The van der Waals surface area contributed by atoms with E-state index in [-0.39, 0.29) is 0 Å². The Kier molecular flexibility index (Phi) is 81.0. The van der Waals surface area contributed by atoms with Gasteiger partial charge in [0, 0.05) is 12.8 Å². The van der Waals surface area contributed by atoms with Gasteiger partial charge in [-0.1, -0.05) is 242 Å². The van der Waals surface area contributed by atoms with Crippen LogP contribution >= 0.6 is 0 Å². The van der Waals surface area contributed by atoms with E-state index in [2.05, 4.69) is 152 Å². The second-order valence-electron chi connectivity index (χ2n) is 19.1. The van der Waals surface area contributed by atoms with E-state index in [4.69, 9.17) is 0 Å². The number of hydrogen-bond donors (Lipinski definition) is 0. The van der Waals surface area contributed by atoms with Crippen LogP contribution in [0, 0.1) is 47.3 Å². The maximum absolute atomic E-state index is 10.4. The lowest BCUT2D eigenvalue weighted by Crippen LogP contribution is -1.92. The minimum Gasteiger partial charge on any atom is -0.300 e. The second kappa shape index (κ2) is 61.6. The Morgan fingerprint density at radius 3 is 0.463 bits per heavy atom. The highest BCUT2D eigenvalue weighted by molar-refractivity contribution is 5.75. The van der Waals surface area contributed by atoms with Crippen LogP contribution in [0.1, 0.15) is 282 Å². The molecule has 0 aromatic heterocycles. The molecule has 0 amide bonds. The smallest absolute Gasteiger partial charge is 0.129 e. The molecule has 0 spiro atoms. The minimum absolute atomic E-state index is 0.315. The summed E-state index contributed by atoms with van der Waals surface area (Å²) < 4.78 is 0. The first kappa shape index (κ1) is 71.1. The van der Waals surface area contributed by atoms with Gasteiger partial charge < -0.3 is 9.59 Å². The SMILES string of the molecule is CC(=O)CCCC(C)C.CC(=O)CCCC(C)C.CCCC(C)C.CCCC(C)C.CCCC(C)C.CCCC(C)C.CCCC(C)C.CCCC(C)C. The monoisotopic (exact) mass is 773 g/mol. The highest BCUT2D eigenvalue weighted by Gasteiger charge is 1.96. The van der Waals surface area contributed by atoms with Crippen LogP contribution in [0.4, 0.5) is 0 Å². The van der Waals surface area contributed by atoms with Crippen molar-refractivity contribution in [2.45, 2.75) is 282 Å². The van der Waals surface area contributed by atoms with Gasteiger partial charge in [-0.25, -0.2) is 0 Å². The van der Waals surface area contributed by atoms with Crippen LogP contribution in [0.15, 0.2) is 0 Å². The van der Waals surface area contributed by atoms with Gasteiger partial charge in [0.25, 0.3) is 0 Å². The third-order valence-electron chi connectivity index (χ3n) is 7.82. The molecule has 54 heavy (non-hydrogen) atoms. The maximum Gasteiger partial charge on any atom is 0.129 e. The highest BCUT2D eigenvalue weighted by atomic mass is 16.1. The lowest BCUT2D eigenvalue weighted by atomic mass is 10.1. The van der Waals surface area contributed by atoms with E-state index < -0.39 is 0 Å². The van der Waals surface area contributed by atoms with Crippen LogP contribution in [0.25, 0.3) is 0 Å². The zero-order valence-corrected chi connectivity index (χ0v) is 43.2. The fourth-order valence-corrected chi connectivity index (χ4v) is 4.98. The average molecular weight is 773 g/mol. The Balaban J connectivity index is -0.0000000752. The largest absolute Gasteiger partial charge is 0.300 e. The Morgan fingerprint density at radius 2 is 0.407 bits per heavy atom. The number of rotatable bonds is 20. The van der Waals surface area contributed by atoms with Gasteiger partial charge in [0.15, 0.2) is 0 Å². The molecule has 0 aromatic carbocycles. The first-order valence-corrected chi connectivity index (χ1v) is 23.9. The summed E-state index contributed by atoms with van der Waals surface area (Å²) in [7, 11) is 0. The quantitative estimate of drug-likeness (QED) is 0.123. The van der Waals surface area contributed by atoms with Crippen LogP contribution < -0.4 is 0 Å². The first-order chi connectivity index (χ1) is 24.9. The van der Waals surface area contributed by atoms with E-state index in [1.807, 2.05) is 0 Å². The van der Waals surface area contributed by atoms with Crippen molar-refractivity contribution in [3.63, 3.8) is 0 Å². The second-order valence-corrected chi connectivity index (χ2v) is 19.1. The Bertz CT molecular complexity index is 508. The lowest BCUT2D eigenvalue weighted by molar-refractivity contribution is -0.118. The molecule has 0 aromatic rings. The van der Waals surface area contributed by atoms with Crippen LogP contribution in [0.5, 0.6) is 0 Å². The van der Waals surface area contributed by atoms with Crippen LogP contribution in [0.2, 0.25) is 0 Å². The molecule has 0 saturated heterocycles. The van der Waals surface area contributed by atoms with Crippen molar-refractivity contribution < 1.29 is 9.59 Å². The minimum atomic E-state index is 0.315. The number of carbonyl (C=O) groups excluding carboxylic acids is 2. The summed E-state index contributed by atoms with van der Waals surface area (Å²) >= 11 is 0. The van der Waals surface area contributed by atoms with Crippen molar-refractivity contribution in [3.05, 3.63) is 0 Å². The molecule has 0 bridgehead atoms. The molecule has 2 heteroatoms. The van der Waals surface area contributed by atoms with E-state index >= 15 is 0 Å². The van der Waals surface area contributed by atoms with Gasteiger partial charge >= 0.3 is 0 Å². The van der Waals surface area contributed by atoms with Crippen molar-refractivity contribution >= 4 is 11.6 Å². The van der Waals surface area contributed by atoms with E-state index in [9.17, 15) is 9.59 Å². The normalized spacial score (nSPS) is 10.1. The first-order valence-electron chi connectivity index (χ1n) is 23.9. The zero-order chi connectivity index (χ0) is 44.5. The highest BCUT2D eigenvalue weighted by Crippen LogP contribution is 2.07. The molecule has 2 nitrogen and oxygen atoms in total. The predicted octanol–water partition coefficient (Wildman–Crippen LogP) is 19.5. The molecule has 0 rings (SSSR count). The summed E-state index contributed by atoms with van der Waals surface area (Å²) in [5.41, 5.74) is 0. The Hall–Kier alpha value is -0.660. The molecule has 0 atom stereocenters. The molecule has 0 aliphatic carbocycles. The summed E-state index contributed by atoms with van der Waals surface area (Å²) in [5, 5.41) is 0. The van der Waals surface area contributed by atoms with Crippen molar-refractivity contribution in [2.75, 3.05) is 0 Å². The number of carbonyl (C=O) groups is 2. The average Bonchev–Trinajstić information content (AvgIpc) is 2.98. The Morgan fingerprint density at radius 1 is 0.278 bits per heavy atom. The van der Waals surface area contributed by atoms with Crippen molar-refractivity contribution in [2.24, 2.45) is 47.3 Å². The van der Waals surface area contributed by atoms with Crippen molar-refractivity contribution in [1.82, 2.24) is 0 Å². The summed E-state index contributed by atoms with van der Waals surface area (Å²) in [6, 6.07) is 0. The van der Waals surface area contributed by atoms with E-state index in [1.54, 1.807) is 13.8 Å². The van der Waals surface area contributed by atoms with Gasteiger partial charge in [0.1, 0.15) is 11.6 Å². The van der Waals surface area contributed by atoms with Crippen LogP contribution in [-0.4, -0.2) is 11.6 Å². The zero-order valence-electron chi connectivity index (χ0n) is 43.2. The molecule has 0 N–H and O–H groups in total. The summed E-state index contributed by atoms with van der Waals surface area (Å²) in [6.45, 7) is 52.4. The predicted molar refractivity (Wildman–Crippen MR) is 257 cm³/mol. The molecule has 0 aliphatic rings. The third-order valence-corrected chi connectivity index (χ3v) is 7.82. The molecule has 336 valence electrons. The van der Waals surface area contributed by atoms with Crippen LogP contribution in [-0.2, 0) is 9.59 Å². The van der Waals surface area contributed by atoms with Gasteiger partial charge in [-0.3, -0.25) is 0 Å². The van der Waals surface area contributed by atoms with E-state index in [0.717, 1.165) is 73.0 Å². The standard InChI is InChI=1S/2C8H16O.6C6H14/c2*1-7(2)5-4-6-8(3)9;6*1-4-5-6(2)3/h2*7H,4-6H2,1-3H3;6*6H,4-5H2,1-3H3. The fraction of sp³-hybridized carbons (Fsp3) is 0.962. The topological polar surface area (TPSA) is 34.1 Å². The van der Waals surface area contributed by atoms with Gasteiger partial charge in [-0.2, -0.15) is 0 Å². The molecular formula is C52H116O2. The third kappa shape index (κ3) is 151. The molecule has 0 aliphatic heterocycles. The van der Waals surface area contributed by atoms with Crippen molar-refractivity contribution in [3.8, 4) is 0 Å². The number of hydrogen-bond acceptors (Lipinski definition) is 2. The van der Waals surface area contributed by atoms with E-state index in [1.165, 1.54) is 89.9 Å². The molecule has 0 saturated carbocycles. The van der Waals surface area contributed by atoms with Crippen LogP contribution in [0.3, 0.4) is 0 Å². The molecule has 0 radical (unpaired) electrons. The summed E-state index contributed by atoms with van der Waals surface area (Å²) in [5.74, 6) is 7.50. The van der Waals surface area contributed by atoms with Gasteiger partial charge in [-0.15, -0.1) is 0 Å². The molecule has 0 unspecified atom stereocenters. The fourth-order valence-electron chi connectivity index (χ4n) is 4.98. The Labute approximate surface area is 349 Å². The van der Waals surface area contributed by atoms with Crippen molar-refractivity contribution in [1.29, 1.82) is 0 Å².